The molecule has 0 aromatic heterocycles. The lowest BCUT2D eigenvalue weighted by atomic mass is 10.0. The Morgan fingerprint density at radius 1 is 1.12 bits per heavy atom. The Balaban J connectivity index is 1.78. The van der Waals surface area contributed by atoms with Crippen molar-refractivity contribution < 1.29 is 14.3 Å². The third kappa shape index (κ3) is 4.19. The molecule has 0 bridgehead atoms. The first-order valence-corrected chi connectivity index (χ1v) is 8.61. The first-order valence-electron chi connectivity index (χ1n) is 8.61. The van der Waals surface area contributed by atoms with Crippen LogP contribution >= 0.6 is 0 Å². The van der Waals surface area contributed by atoms with Crippen LogP contribution in [0.1, 0.15) is 11.1 Å². The number of ether oxygens (including phenoxy) is 2. The molecule has 0 saturated carbocycles. The van der Waals surface area contributed by atoms with Crippen LogP contribution in [0.4, 0.5) is 5.69 Å². The summed E-state index contributed by atoms with van der Waals surface area (Å²) in [4.78, 5) is 16.5. The number of nitrogens with zero attached hydrogens (tertiary/aromatic N) is 3. The number of rotatable bonds is 3. The summed E-state index contributed by atoms with van der Waals surface area (Å²) in [7, 11) is 0. The number of carbonyl (C=O) groups is 1. The molecular weight excluding hydrogens is 318 g/mol. The van der Waals surface area contributed by atoms with E-state index in [0.717, 1.165) is 43.1 Å². The van der Waals surface area contributed by atoms with E-state index in [4.69, 9.17) is 9.47 Å². The molecule has 0 radical (unpaired) electrons. The molecule has 0 spiro atoms. The van der Waals surface area contributed by atoms with E-state index < -0.39 is 0 Å². The second-order valence-electron chi connectivity index (χ2n) is 6.21. The average Bonchev–Trinajstić information content (AvgIpc) is 2.68. The number of morpholine rings is 2. The molecule has 2 aliphatic heterocycles. The molecule has 0 aliphatic carbocycles. The number of nitriles is 1. The molecule has 1 amide bonds. The van der Waals surface area contributed by atoms with E-state index in [9.17, 15) is 10.1 Å². The molecule has 2 saturated heterocycles. The van der Waals surface area contributed by atoms with Crippen molar-refractivity contribution >= 4 is 17.7 Å². The first kappa shape index (κ1) is 17.5. The summed E-state index contributed by atoms with van der Waals surface area (Å²) in [6, 6.07) is 8.17. The minimum atomic E-state index is -0.220. The van der Waals surface area contributed by atoms with Gasteiger partial charge in [0.15, 0.2) is 0 Å². The SMILES string of the molecule is Cc1cc(N2CCOCC2)ccc1/C=C(/C#N)C(=O)N1CCOCC1. The molecule has 2 aliphatic rings. The maximum atomic E-state index is 12.5. The van der Waals surface area contributed by atoms with Gasteiger partial charge in [0.1, 0.15) is 11.6 Å². The molecule has 1 aromatic carbocycles. The highest BCUT2D eigenvalue weighted by molar-refractivity contribution is 6.01. The summed E-state index contributed by atoms with van der Waals surface area (Å²) in [5, 5.41) is 9.42. The van der Waals surface area contributed by atoms with Crippen LogP contribution in [0.25, 0.3) is 6.08 Å². The predicted molar refractivity (Wildman–Crippen MR) is 95.2 cm³/mol. The Morgan fingerprint density at radius 3 is 2.36 bits per heavy atom. The van der Waals surface area contributed by atoms with E-state index in [0.29, 0.717) is 26.3 Å². The van der Waals surface area contributed by atoms with Gasteiger partial charge in [-0.15, -0.1) is 0 Å². The summed E-state index contributed by atoms with van der Waals surface area (Å²) < 4.78 is 10.6. The van der Waals surface area contributed by atoms with E-state index >= 15 is 0 Å². The van der Waals surface area contributed by atoms with Crippen LogP contribution in [0.15, 0.2) is 23.8 Å². The normalized spacial score (nSPS) is 18.8. The lowest BCUT2D eigenvalue weighted by molar-refractivity contribution is -0.130. The maximum absolute atomic E-state index is 12.5. The number of hydrogen-bond acceptors (Lipinski definition) is 5. The summed E-state index contributed by atoms with van der Waals surface area (Å²) in [5.41, 5.74) is 3.27. The largest absolute Gasteiger partial charge is 0.378 e. The van der Waals surface area contributed by atoms with Crippen LogP contribution < -0.4 is 4.90 Å². The summed E-state index contributed by atoms with van der Waals surface area (Å²) in [6.45, 7) is 7.38. The van der Waals surface area contributed by atoms with Crippen LogP contribution in [-0.2, 0) is 14.3 Å². The summed E-state index contributed by atoms with van der Waals surface area (Å²) >= 11 is 0. The van der Waals surface area contributed by atoms with Crippen molar-refractivity contribution in [1.82, 2.24) is 4.90 Å². The van der Waals surface area contributed by atoms with Gasteiger partial charge in [-0.25, -0.2) is 0 Å². The Hall–Kier alpha value is -2.36. The van der Waals surface area contributed by atoms with Crippen LogP contribution in [0.5, 0.6) is 0 Å². The number of benzene rings is 1. The molecule has 1 aromatic rings. The number of amides is 1. The highest BCUT2D eigenvalue weighted by Gasteiger charge is 2.21. The Labute approximate surface area is 148 Å². The minimum absolute atomic E-state index is 0.170. The van der Waals surface area contributed by atoms with Crippen LogP contribution in [0.2, 0.25) is 0 Å². The van der Waals surface area contributed by atoms with Crippen molar-refractivity contribution in [2.45, 2.75) is 6.92 Å². The van der Waals surface area contributed by atoms with Crippen molar-refractivity contribution in [3.8, 4) is 6.07 Å². The highest BCUT2D eigenvalue weighted by Crippen LogP contribution is 2.22. The zero-order chi connectivity index (χ0) is 17.6. The summed E-state index contributed by atoms with van der Waals surface area (Å²) in [5.74, 6) is -0.220. The van der Waals surface area contributed by atoms with E-state index in [-0.39, 0.29) is 11.5 Å². The molecule has 0 N–H and O–H groups in total. The van der Waals surface area contributed by atoms with E-state index in [1.54, 1.807) is 11.0 Å². The first-order chi connectivity index (χ1) is 12.2. The zero-order valence-electron chi connectivity index (χ0n) is 14.5. The topological polar surface area (TPSA) is 65.8 Å². The second kappa shape index (κ2) is 8.15. The number of aryl methyl sites for hydroxylation is 1. The van der Waals surface area contributed by atoms with Crippen LogP contribution in [0.3, 0.4) is 0 Å². The van der Waals surface area contributed by atoms with Gasteiger partial charge in [0.25, 0.3) is 5.91 Å². The van der Waals surface area contributed by atoms with Crippen molar-refractivity contribution in [2.75, 3.05) is 57.5 Å². The molecule has 0 atom stereocenters. The fourth-order valence-corrected chi connectivity index (χ4v) is 3.07. The molecule has 0 unspecified atom stereocenters. The van der Waals surface area contributed by atoms with Crippen LogP contribution in [0, 0.1) is 18.3 Å². The third-order valence-corrected chi connectivity index (χ3v) is 4.58. The van der Waals surface area contributed by atoms with E-state index in [1.807, 2.05) is 19.1 Å². The zero-order valence-corrected chi connectivity index (χ0v) is 14.5. The lowest BCUT2D eigenvalue weighted by Crippen LogP contribution is -2.41. The molecule has 3 rings (SSSR count). The molecule has 6 nitrogen and oxygen atoms in total. The molecule has 2 heterocycles. The quantitative estimate of drug-likeness (QED) is 0.617. The highest BCUT2D eigenvalue weighted by atomic mass is 16.5. The second-order valence-corrected chi connectivity index (χ2v) is 6.21. The van der Waals surface area contributed by atoms with Gasteiger partial charge >= 0.3 is 0 Å². The smallest absolute Gasteiger partial charge is 0.264 e. The molecule has 25 heavy (non-hydrogen) atoms. The van der Waals surface area contributed by atoms with Crippen molar-refractivity contribution in [3.63, 3.8) is 0 Å². The predicted octanol–water partition coefficient (Wildman–Crippen LogP) is 1.60. The Bertz CT molecular complexity index is 696. The molecule has 132 valence electrons. The lowest BCUT2D eigenvalue weighted by Gasteiger charge is -2.29. The van der Waals surface area contributed by atoms with Crippen molar-refractivity contribution in [1.29, 1.82) is 5.26 Å². The summed E-state index contributed by atoms with van der Waals surface area (Å²) in [6.07, 6.45) is 1.69. The molecular formula is C19H23N3O3. The standard InChI is InChI=1S/C19H23N3O3/c1-15-12-18(21-4-8-24-9-5-21)3-2-16(15)13-17(14-20)19(23)22-6-10-25-11-7-22/h2-3,12-13H,4-11H2,1H3/b17-13-. The van der Waals surface area contributed by atoms with Gasteiger partial charge in [0.05, 0.1) is 26.4 Å². The van der Waals surface area contributed by atoms with E-state index in [2.05, 4.69) is 17.0 Å². The molecule has 6 heteroatoms. The maximum Gasteiger partial charge on any atom is 0.264 e. The van der Waals surface area contributed by atoms with Crippen molar-refractivity contribution in [2.24, 2.45) is 0 Å². The van der Waals surface area contributed by atoms with Gasteiger partial charge in [-0.1, -0.05) is 6.07 Å². The van der Waals surface area contributed by atoms with Gasteiger partial charge in [-0.05, 0) is 36.3 Å². The van der Waals surface area contributed by atoms with Crippen molar-refractivity contribution in [3.05, 3.63) is 34.9 Å². The van der Waals surface area contributed by atoms with Gasteiger partial charge < -0.3 is 19.3 Å². The minimum Gasteiger partial charge on any atom is -0.378 e. The van der Waals surface area contributed by atoms with Gasteiger partial charge in [-0.2, -0.15) is 5.26 Å². The average molecular weight is 341 g/mol. The van der Waals surface area contributed by atoms with Gasteiger partial charge in [0, 0.05) is 31.9 Å². The fourth-order valence-electron chi connectivity index (χ4n) is 3.07. The monoisotopic (exact) mass is 341 g/mol. The Morgan fingerprint density at radius 2 is 1.76 bits per heavy atom. The van der Waals surface area contributed by atoms with Crippen LogP contribution in [-0.4, -0.2) is 63.4 Å². The number of hydrogen-bond donors (Lipinski definition) is 0. The molecule has 2 fully saturated rings. The number of carbonyl (C=O) groups excluding carboxylic acids is 1. The van der Waals surface area contributed by atoms with Gasteiger partial charge in [-0.3, -0.25) is 4.79 Å². The fraction of sp³-hybridized carbons (Fsp3) is 0.474. The Kier molecular flexibility index (Phi) is 5.69. The number of anilines is 1. The van der Waals surface area contributed by atoms with Gasteiger partial charge in [0.2, 0.25) is 0 Å². The third-order valence-electron chi connectivity index (χ3n) is 4.58. The van der Waals surface area contributed by atoms with E-state index in [1.165, 1.54) is 0 Å².